The van der Waals surface area contributed by atoms with Crippen LogP contribution in [-0.4, -0.2) is 18.6 Å². The molecule has 0 amide bonds. The van der Waals surface area contributed by atoms with Crippen molar-refractivity contribution in [1.29, 1.82) is 0 Å². The molecule has 98 valence electrons. The van der Waals surface area contributed by atoms with Gasteiger partial charge < -0.3 is 15.4 Å². The Labute approximate surface area is 112 Å². The van der Waals surface area contributed by atoms with Gasteiger partial charge in [0, 0.05) is 29.5 Å². The lowest BCUT2D eigenvalue weighted by atomic mass is 10.1. The molecule has 0 aliphatic carbocycles. The molecule has 0 spiro atoms. The first-order chi connectivity index (χ1) is 9.28. The summed E-state index contributed by atoms with van der Waals surface area (Å²) >= 11 is 0. The molecule has 4 nitrogen and oxygen atoms in total. The van der Waals surface area contributed by atoms with Crippen LogP contribution in [-0.2, 0) is 13.0 Å². The van der Waals surface area contributed by atoms with Crippen LogP contribution < -0.4 is 15.4 Å². The third kappa shape index (κ3) is 2.21. The molecule has 19 heavy (non-hydrogen) atoms. The summed E-state index contributed by atoms with van der Waals surface area (Å²) in [7, 11) is 1.64. The lowest BCUT2D eigenvalue weighted by molar-refractivity contribution is 0.396. The predicted molar refractivity (Wildman–Crippen MR) is 76.4 cm³/mol. The molecule has 2 aromatic rings. The second-order valence-corrected chi connectivity index (χ2v) is 4.69. The molecule has 2 heterocycles. The minimum Gasteiger partial charge on any atom is -0.481 e. The van der Waals surface area contributed by atoms with Gasteiger partial charge in [0.2, 0.25) is 5.88 Å². The van der Waals surface area contributed by atoms with Crippen LogP contribution in [0.5, 0.6) is 5.88 Å². The molecule has 0 bridgehead atoms. The van der Waals surface area contributed by atoms with Gasteiger partial charge >= 0.3 is 0 Å². The van der Waals surface area contributed by atoms with E-state index in [1.165, 1.54) is 11.3 Å². The average molecular weight is 255 g/mol. The maximum Gasteiger partial charge on any atom is 0.213 e. The van der Waals surface area contributed by atoms with Gasteiger partial charge in [0.25, 0.3) is 0 Å². The highest BCUT2D eigenvalue weighted by molar-refractivity contribution is 5.68. The Morgan fingerprint density at radius 1 is 1.26 bits per heavy atom. The molecular weight excluding hydrogens is 238 g/mol. The summed E-state index contributed by atoms with van der Waals surface area (Å²) in [5.41, 5.74) is 10.4. The number of fused-ring (bicyclic) bond motifs is 1. The molecule has 0 atom stereocenters. The number of hydrogen-bond acceptors (Lipinski definition) is 4. The SMILES string of the molecule is COc1cccc(CN2CCc3c(N)cccc32)n1. The monoisotopic (exact) mass is 255 g/mol. The molecule has 0 saturated carbocycles. The van der Waals surface area contributed by atoms with E-state index in [0.717, 1.165) is 30.9 Å². The highest BCUT2D eigenvalue weighted by Crippen LogP contribution is 2.32. The fourth-order valence-corrected chi connectivity index (χ4v) is 2.55. The van der Waals surface area contributed by atoms with Crippen molar-refractivity contribution >= 4 is 11.4 Å². The molecule has 0 unspecified atom stereocenters. The Balaban J connectivity index is 1.84. The highest BCUT2D eigenvalue weighted by atomic mass is 16.5. The molecule has 1 aromatic heterocycles. The van der Waals surface area contributed by atoms with E-state index < -0.39 is 0 Å². The van der Waals surface area contributed by atoms with Gasteiger partial charge in [0.05, 0.1) is 19.3 Å². The van der Waals surface area contributed by atoms with Gasteiger partial charge in [-0.2, -0.15) is 0 Å². The van der Waals surface area contributed by atoms with E-state index in [1.54, 1.807) is 7.11 Å². The van der Waals surface area contributed by atoms with Gasteiger partial charge in [-0.15, -0.1) is 0 Å². The van der Waals surface area contributed by atoms with Crippen molar-refractivity contribution < 1.29 is 4.74 Å². The maximum absolute atomic E-state index is 6.01. The van der Waals surface area contributed by atoms with Crippen LogP contribution in [0, 0.1) is 0 Å². The molecule has 1 aliphatic heterocycles. The van der Waals surface area contributed by atoms with E-state index >= 15 is 0 Å². The van der Waals surface area contributed by atoms with Crippen molar-refractivity contribution in [2.24, 2.45) is 0 Å². The van der Waals surface area contributed by atoms with Gasteiger partial charge in [0.1, 0.15) is 0 Å². The Morgan fingerprint density at radius 3 is 2.95 bits per heavy atom. The Bertz CT molecular complexity index is 598. The fourth-order valence-electron chi connectivity index (χ4n) is 2.55. The molecular formula is C15H17N3O. The van der Waals surface area contributed by atoms with Crippen molar-refractivity contribution in [3.8, 4) is 5.88 Å². The molecule has 2 N–H and O–H groups in total. The maximum atomic E-state index is 6.01. The van der Waals surface area contributed by atoms with Crippen LogP contribution in [0.25, 0.3) is 0 Å². The summed E-state index contributed by atoms with van der Waals surface area (Å²) in [5, 5.41) is 0. The van der Waals surface area contributed by atoms with Crippen LogP contribution in [0.4, 0.5) is 11.4 Å². The topological polar surface area (TPSA) is 51.4 Å². The van der Waals surface area contributed by atoms with Gasteiger partial charge in [-0.25, -0.2) is 4.98 Å². The minimum atomic E-state index is 0.657. The molecule has 1 aromatic carbocycles. The number of pyridine rings is 1. The number of anilines is 2. The fraction of sp³-hybridized carbons (Fsp3) is 0.267. The molecule has 0 fully saturated rings. The van der Waals surface area contributed by atoms with Crippen LogP contribution >= 0.6 is 0 Å². The number of nitrogens with two attached hydrogens (primary N) is 1. The predicted octanol–water partition coefficient (Wildman–Crippen LogP) is 2.24. The zero-order valence-corrected chi connectivity index (χ0v) is 11.0. The number of aromatic nitrogens is 1. The van der Waals surface area contributed by atoms with Gasteiger partial charge in [0.15, 0.2) is 0 Å². The summed E-state index contributed by atoms with van der Waals surface area (Å²) in [5.74, 6) is 0.657. The van der Waals surface area contributed by atoms with Crippen LogP contribution in [0.1, 0.15) is 11.3 Å². The first-order valence-corrected chi connectivity index (χ1v) is 6.40. The number of hydrogen-bond donors (Lipinski definition) is 1. The standard InChI is InChI=1S/C15H17N3O/c1-19-15-7-2-4-11(17-15)10-18-9-8-12-13(16)5-3-6-14(12)18/h2-7H,8-10,16H2,1H3. The highest BCUT2D eigenvalue weighted by Gasteiger charge is 2.21. The lowest BCUT2D eigenvalue weighted by Crippen LogP contribution is -2.20. The van der Waals surface area contributed by atoms with Gasteiger partial charge in [-0.05, 0) is 24.6 Å². The average Bonchev–Trinajstić information content (AvgIpc) is 2.84. The van der Waals surface area contributed by atoms with Crippen molar-refractivity contribution in [1.82, 2.24) is 4.98 Å². The van der Waals surface area contributed by atoms with Crippen molar-refractivity contribution in [3.63, 3.8) is 0 Å². The van der Waals surface area contributed by atoms with Gasteiger partial charge in [-0.1, -0.05) is 12.1 Å². The molecule has 4 heteroatoms. The first kappa shape index (κ1) is 11.8. The quantitative estimate of drug-likeness (QED) is 0.855. The smallest absolute Gasteiger partial charge is 0.213 e. The second kappa shape index (κ2) is 4.80. The number of ether oxygens (including phenoxy) is 1. The third-order valence-corrected chi connectivity index (χ3v) is 3.50. The summed E-state index contributed by atoms with van der Waals surface area (Å²) in [4.78, 5) is 6.77. The summed E-state index contributed by atoms with van der Waals surface area (Å²) in [6.07, 6.45) is 1.01. The first-order valence-electron chi connectivity index (χ1n) is 6.40. The molecule has 0 radical (unpaired) electrons. The van der Waals surface area contributed by atoms with E-state index in [1.807, 2.05) is 30.3 Å². The third-order valence-electron chi connectivity index (χ3n) is 3.50. The van der Waals surface area contributed by atoms with E-state index in [9.17, 15) is 0 Å². The Hall–Kier alpha value is -2.23. The van der Waals surface area contributed by atoms with Crippen molar-refractivity contribution in [2.75, 3.05) is 24.3 Å². The largest absolute Gasteiger partial charge is 0.481 e. The van der Waals surface area contributed by atoms with Gasteiger partial charge in [-0.3, -0.25) is 0 Å². The summed E-state index contributed by atoms with van der Waals surface area (Å²) in [6.45, 7) is 1.77. The van der Waals surface area contributed by atoms with Crippen LogP contribution in [0.3, 0.4) is 0 Å². The summed E-state index contributed by atoms with van der Waals surface area (Å²) < 4.78 is 5.16. The van der Waals surface area contributed by atoms with Crippen molar-refractivity contribution in [3.05, 3.63) is 47.7 Å². The lowest BCUT2D eigenvalue weighted by Gasteiger charge is -2.19. The number of nitrogens with zero attached hydrogens (tertiary/aromatic N) is 2. The Kier molecular flexibility index (Phi) is 2.99. The Morgan fingerprint density at radius 2 is 2.11 bits per heavy atom. The normalized spacial score (nSPS) is 13.4. The molecule has 0 saturated heterocycles. The van der Waals surface area contributed by atoms with E-state index in [4.69, 9.17) is 10.5 Å². The second-order valence-electron chi connectivity index (χ2n) is 4.69. The minimum absolute atomic E-state index is 0.657. The van der Waals surface area contributed by atoms with Crippen molar-refractivity contribution in [2.45, 2.75) is 13.0 Å². The zero-order chi connectivity index (χ0) is 13.2. The van der Waals surface area contributed by atoms with E-state index in [0.29, 0.717) is 5.88 Å². The molecule has 1 aliphatic rings. The van der Waals surface area contributed by atoms with E-state index in [2.05, 4.69) is 16.0 Å². The van der Waals surface area contributed by atoms with E-state index in [-0.39, 0.29) is 0 Å². The summed E-state index contributed by atoms with van der Waals surface area (Å²) in [6, 6.07) is 11.9. The number of methoxy groups -OCH3 is 1. The van der Waals surface area contributed by atoms with Crippen LogP contribution in [0.2, 0.25) is 0 Å². The zero-order valence-electron chi connectivity index (χ0n) is 11.0. The van der Waals surface area contributed by atoms with Crippen LogP contribution in [0.15, 0.2) is 36.4 Å². The number of rotatable bonds is 3. The molecule has 3 rings (SSSR count). The number of nitrogen functional groups attached to an aromatic ring is 1. The number of benzene rings is 1.